The Bertz CT molecular complexity index is 1130. The third-order valence-corrected chi connectivity index (χ3v) is 5.79. The van der Waals surface area contributed by atoms with Crippen molar-refractivity contribution in [2.24, 2.45) is 5.73 Å². The second-order valence-electron chi connectivity index (χ2n) is 5.59. The third-order valence-electron chi connectivity index (χ3n) is 3.72. The fourth-order valence-electron chi connectivity index (χ4n) is 2.41. The molecule has 0 saturated heterocycles. The Hall–Kier alpha value is -3.11. The van der Waals surface area contributed by atoms with Gasteiger partial charge in [0.1, 0.15) is 10.8 Å². The summed E-state index contributed by atoms with van der Waals surface area (Å²) in [5.74, 6) is 0.370. The Morgan fingerprint density at radius 3 is 2.71 bits per heavy atom. The Morgan fingerprint density at radius 1 is 1.14 bits per heavy atom. The van der Waals surface area contributed by atoms with Gasteiger partial charge in [-0.3, -0.25) is 4.79 Å². The van der Waals surface area contributed by atoms with Crippen LogP contribution in [0, 0.1) is 5.82 Å². The van der Waals surface area contributed by atoms with Gasteiger partial charge in [-0.25, -0.2) is 4.39 Å². The van der Waals surface area contributed by atoms with Crippen LogP contribution in [0.4, 0.5) is 4.39 Å². The largest absolute Gasteiger partial charge is 0.366 e. The second-order valence-corrected chi connectivity index (χ2v) is 7.79. The van der Waals surface area contributed by atoms with E-state index in [4.69, 9.17) is 10.3 Å². The molecule has 0 unspecified atom stereocenters. The molecule has 4 aromatic rings. The molecule has 1 amide bonds. The summed E-state index contributed by atoms with van der Waals surface area (Å²) in [5.41, 5.74) is 7.13. The first kappa shape index (κ1) is 18.3. The van der Waals surface area contributed by atoms with Gasteiger partial charge in [0.25, 0.3) is 0 Å². The minimum absolute atomic E-state index is 0.326. The number of amides is 1. The van der Waals surface area contributed by atoms with E-state index in [1.54, 1.807) is 30.3 Å². The fraction of sp³-hybridized carbons (Fsp3) is 0.0556. The molecule has 2 aromatic carbocycles. The number of thioether (sulfide) groups is 1. The van der Waals surface area contributed by atoms with E-state index in [1.165, 1.54) is 35.2 Å². The van der Waals surface area contributed by atoms with Gasteiger partial charge in [0.15, 0.2) is 4.34 Å². The van der Waals surface area contributed by atoms with Gasteiger partial charge in [0.05, 0.1) is 5.75 Å². The van der Waals surface area contributed by atoms with Gasteiger partial charge < -0.3 is 10.3 Å². The first-order valence-corrected chi connectivity index (χ1v) is 9.84. The van der Waals surface area contributed by atoms with Crippen molar-refractivity contribution in [3.05, 3.63) is 65.8 Å². The van der Waals surface area contributed by atoms with Gasteiger partial charge in [0, 0.05) is 16.7 Å². The molecule has 0 atom stereocenters. The molecule has 28 heavy (non-hydrogen) atoms. The molecule has 10 heteroatoms. The zero-order valence-electron chi connectivity index (χ0n) is 14.2. The van der Waals surface area contributed by atoms with Gasteiger partial charge in [-0.1, -0.05) is 46.5 Å². The maximum absolute atomic E-state index is 13.0. The lowest BCUT2D eigenvalue weighted by atomic mass is 10.1. The third kappa shape index (κ3) is 3.92. The predicted molar refractivity (Wildman–Crippen MR) is 103 cm³/mol. The maximum Gasteiger partial charge on any atom is 0.249 e. The molecule has 2 aromatic heterocycles. The minimum atomic E-state index is -0.515. The maximum atomic E-state index is 13.0. The fourth-order valence-corrected chi connectivity index (χ4v) is 4.14. The monoisotopic (exact) mass is 413 g/mol. The zero-order chi connectivity index (χ0) is 19.5. The molecule has 0 radical (unpaired) electrons. The number of hydrogen-bond acceptors (Lipinski definition) is 8. The standard InChI is InChI=1S/C18H12FN5O2S2/c19-11-7-5-10(6-8-11)16-21-14(26-24-16)9-27-18-23-22-17(28-18)13-4-2-1-3-12(13)15(20)25/h1-8H,9H2,(H2,20,25). The van der Waals surface area contributed by atoms with Crippen molar-refractivity contribution in [3.8, 4) is 22.0 Å². The molecule has 4 rings (SSSR count). The van der Waals surface area contributed by atoms with E-state index in [1.807, 2.05) is 6.07 Å². The van der Waals surface area contributed by atoms with Crippen LogP contribution in [0.2, 0.25) is 0 Å². The van der Waals surface area contributed by atoms with Crippen molar-refractivity contribution >= 4 is 29.0 Å². The number of carbonyl (C=O) groups excluding carboxylic acids is 1. The van der Waals surface area contributed by atoms with Crippen LogP contribution >= 0.6 is 23.1 Å². The van der Waals surface area contributed by atoms with Crippen LogP contribution in [0.15, 0.2) is 57.4 Å². The molecule has 0 bridgehead atoms. The van der Waals surface area contributed by atoms with Crippen LogP contribution in [0.3, 0.4) is 0 Å². The normalized spacial score (nSPS) is 10.9. The van der Waals surface area contributed by atoms with Crippen LogP contribution in [0.25, 0.3) is 22.0 Å². The lowest BCUT2D eigenvalue weighted by molar-refractivity contribution is 0.100. The summed E-state index contributed by atoms with van der Waals surface area (Å²) in [7, 11) is 0. The van der Waals surface area contributed by atoms with E-state index in [0.29, 0.717) is 43.5 Å². The quantitative estimate of drug-likeness (QED) is 0.479. The molecule has 0 aliphatic carbocycles. The first-order chi connectivity index (χ1) is 13.6. The highest BCUT2D eigenvalue weighted by Crippen LogP contribution is 2.32. The Morgan fingerprint density at radius 2 is 1.93 bits per heavy atom. The number of nitrogens with zero attached hydrogens (tertiary/aromatic N) is 4. The van der Waals surface area contributed by atoms with Crippen LogP contribution in [0.1, 0.15) is 16.2 Å². The SMILES string of the molecule is NC(=O)c1ccccc1-c1nnc(SCc2nc(-c3ccc(F)cc3)no2)s1. The number of hydrogen-bond donors (Lipinski definition) is 1. The van der Waals surface area contributed by atoms with E-state index in [-0.39, 0.29) is 5.82 Å². The molecule has 0 saturated carbocycles. The predicted octanol–water partition coefficient (Wildman–Crippen LogP) is 3.79. The van der Waals surface area contributed by atoms with Crippen molar-refractivity contribution in [3.63, 3.8) is 0 Å². The summed E-state index contributed by atoms with van der Waals surface area (Å²) >= 11 is 2.73. The summed E-state index contributed by atoms with van der Waals surface area (Å²) < 4.78 is 18.9. The molecule has 7 nitrogen and oxygen atoms in total. The molecule has 0 aliphatic rings. The summed E-state index contributed by atoms with van der Waals surface area (Å²) in [6.45, 7) is 0. The molecule has 0 aliphatic heterocycles. The Kier molecular flexibility index (Phi) is 5.13. The van der Waals surface area contributed by atoms with E-state index in [9.17, 15) is 9.18 Å². The van der Waals surface area contributed by atoms with E-state index in [0.717, 1.165) is 0 Å². The van der Waals surface area contributed by atoms with Gasteiger partial charge in [-0.05, 0) is 30.3 Å². The van der Waals surface area contributed by atoms with Gasteiger partial charge in [-0.2, -0.15) is 4.98 Å². The highest BCUT2D eigenvalue weighted by atomic mass is 32.2. The molecule has 0 spiro atoms. The Balaban J connectivity index is 1.46. The summed E-state index contributed by atoms with van der Waals surface area (Å²) in [4.78, 5) is 15.9. The summed E-state index contributed by atoms with van der Waals surface area (Å²) in [6.07, 6.45) is 0. The summed E-state index contributed by atoms with van der Waals surface area (Å²) in [5, 5.41) is 12.8. The lowest BCUT2D eigenvalue weighted by Crippen LogP contribution is -2.12. The number of halogens is 1. The zero-order valence-corrected chi connectivity index (χ0v) is 15.8. The van der Waals surface area contributed by atoms with Crippen LogP contribution in [-0.2, 0) is 5.75 Å². The molecule has 140 valence electrons. The number of aromatic nitrogens is 4. The smallest absolute Gasteiger partial charge is 0.249 e. The molecule has 0 fully saturated rings. The van der Waals surface area contributed by atoms with E-state index >= 15 is 0 Å². The minimum Gasteiger partial charge on any atom is -0.366 e. The summed E-state index contributed by atoms with van der Waals surface area (Å²) in [6, 6.07) is 12.8. The van der Waals surface area contributed by atoms with Crippen LogP contribution in [-0.4, -0.2) is 26.2 Å². The van der Waals surface area contributed by atoms with Gasteiger partial charge >= 0.3 is 0 Å². The average Bonchev–Trinajstić information content (AvgIpc) is 3.36. The van der Waals surface area contributed by atoms with Crippen molar-refractivity contribution in [1.29, 1.82) is 0 Å². The van der Waals surface area contributed by atoms with Gasteiger partial charge in [-0.15, -0.1) is 10.2 Å². The average molecular weight is 413 g/mol. The van der Waals surface area contributed by atoms with Crippen molar-refractivity contribution in [2.75, 3.05) is 0 Å². The topological polar surface area (TPSA) is 108 Å². The van der Waals surface area contributed by atoms with Crippen molar-refractivity contribution < 1.29 is 13.7 Å². The van der Waals surface area contributed by atoms with E-state index in [2.05, 4.69) is 20.3 Å². The van der Waals surface area contributed by atoms with Crippen molar-refractivity contribution in [1.82, 2.24) is 20.3 Å². The van der Waals surface area contributed by atoms with E-state index < -0.39 is 5.91 Å². The number of nitrogens with two attached hydrogens (primary N) is 1. The highest BCUT2D eigenvalue weighted by Gasteiger charge is 2.15. The molecular formula is C18H12FN5O2S2. The Labute approximate surface area is 166 Å². The number of primary amides is 1. The molecule has 2 heterocycles. The van der Waals surface area contributed by atoms with Crippen LogP contribution in [0.5, 0.6) is 0 Å². The second kappa shape index (κ2) is 7.87. The first-order valence-electron chi connectivity index (χ1n) is 8.04. The molecule has 2 N–H and O–H groups in total. The highest BCUT2D eigenvalue weighted by molar-refractivity contribution is 8.00. The molecular weight excluding hydrogens is 401 g/mol. The van der Waals surface area contributed by atoms with Crippen LogP contribution < -0.4 is 5.73 Å². The number of benzene rings is 2. The van der Waals surface area contributed by atoms with Crippen molar-refractivity contribution in [2.45, 2.75) is 10.1 Å². The van der Waals surface area contributed by atoms with Gasteiger partial charge in [0.2, 0.25) is 17.6 Å². The number of carbonyl (C=O) groups is 1. The lowest BCUT2D eigenvalue weighted by Gasteiger charge is -2.01. The number of rotatable bonds is 6.